The van der Waals surface area contributed by atoms with Gasteiger partial charge in [0.25, 0.3) is 0 Å². The van der Waals surface area contributed by atoms with Crippen LogP contribution in [0.4, 0.5) is 0 Å². The summed E-state index contributed by atoms with van der Waals surface area (Å²) in [4.78, 5) is 0. The molecule has 0 spiro atoms. The molecule has 7 heavy (non-hydrogen) atoms. The van der Waals surface area contributed by atoms with Crippen molar-refractivity contribution in [1.82, 2.24) is 5.32 Å². The Balaban J connectivity index is 2.42. The van der Waals surface area contributed by atoms with Gasteiger partial charge in [-0.1, -0.05) is 11.8 Å². The number of rotatable bonds is 0. The zero-order valence-corrected chi connectivity index (χ0v) is 4.40. The average molecular weight is 118 g/mol. The Morgan fingerprint density at radius 2 is 2.71 bits per heavy atom. The Bertz CT molecular complexity index is 103. The van der Waals surface area contributed by atoms with E-state index in [-0.39, 0.29) is 11.4 Å². The third kappa shape index (κ3) is 1.01. The van der Waals surface area contributed by atoms with Gasteiger partial charge in [-0.3, -0.25) is 0 Å². The molecule has 0 aliphatic carbocycles. The summed E-state index contributed by atoms with van der Waals surface area (Å²) in [5.74, 6) is 0.164. The molecule has 4 N–H and O–H groups in total. The van der Waals surface area contributed by atoms with Crippen LogP contribution in [0.5, 0.6) is 0 Å². The second kappa shape index (κ2) is 1.63. The lowest BCUT2D eigenvalue weighted by atomic mass is 10.9. The normalized spacial score (nSPS) is 29.3. The molecule has 1 aliphatic rings. The molecular weight excluding hydrogens is 112 g/mol. The molecule has 0 bridgehead atoms. The number of nitrogens with two attached hydrogens (primary N) is 1. The lowest BCUT2D eigenvalue weighted by molar-refractivity contribution is 0.367. The van der Waals surface area contributed by atoms with E-state index >= 15 is 0 Å². The second-order valence-corrected chi connectivity index (χ2v) is 2.22. The molecule has 0 saturated carbocycles. The van der Waals surface area contributed by atoms with Crippen LogP contribution in [0.25, 0.3) is 0 Å². The standard InChI is InChI=1S/C3H6N2OS/c4-3-5-2(6)1-7-3/h1,3,5-6H,4H2. The fraction of sp³-hybridized carbons (Fsp3) is 0.333. The molecule has 0 aromatic heterocycles. The van der Waals surface area contributed by atoms with Gasteiger partial charge in [0.15, 0.2) is 5.88 Å². The Morgan fingerprint density at radius 3 is 2.86 bits per heavy atom. The van der Waals surface area contributed by atoms with E-state index in [2.05, 4.69) is 5.32 Å². The summed E-state index contributed by atoms with van der Waals surface area (Å²) in [6, 6.07) is 0. The summed E-state index contributed by atoms with van der Waals surface area (Å²) >= 11 is 1.36. The van der Waals surface area contributed by atoms with E-state index in [0.717, 1.165) is 0 Å². The van der Waals surface area contributed by atoms with E-state index in [4.69, 9.17) is 10.8 Å². The number of thioether (sulfide) groups is 1. The van der Waals surface area contributed by atoms with Crippen molar-refractivity contribution in [1.29, 1.82) is 0 Å². The first kappa shape index (κ1) is 4.80. The van der Waals surface area contributed by atoms with Crippen molar-refractivity contribution in [2.24, 2.45) is 5.73 Å². The molecule has 3 nitrogen and oxygen atoms in total. The maximum absolute atomic E-state index is 8.55. The molecule has 0 amide bonds. The van der Waals surface area contributed by atoms with Gasteiger partial charge in [-0.05, 0) is 0 Å². The molecule has 0 fully saturated rings. The van der Waals surface area contributed by atoms with E-state index in [9.17, 15) is 0 Å². The van der Waals surface area contributed by atoms with Gasteiger partial charge in [-0.25, -0.2) is 0 Å². The minimum absolute atomic E-state index is 0.153. The summed E-state index contributed by atoms with van der Waals surface area (Å²) in [6.07, 6.45) is 0. The van der Waals surface area contributed by atoms with Crippen LogP contribution in [-0.4, -0.2) is 10.6 Å². The number of hydrogen-bond acceptors (Lipinski definition) is 4. The first-order valence-corrected chi connectivity index (χ1v) is 2.80. The largest absolute Gasteiger partial charge is 0.494 e. The highest BCUT2D eigenvalue weighted by molar-refractivity contribution is 8.02. The lowest BCUT2D eigenvalue weighted by Crippen LogP contribution is -2.28. The van der Waals surface area contributed by atoms with Gasteiger partial charge in [0, 0.05) is 5.41 Å². The summed E-state index contributed by atoms with van der Waals surface area (Å²) in [6.45, 7) is 0. The fourth-order valence-electron chi connectivity index (χ4n) is 0.352. The van der Waals surface area contributed by atoms with Crippen LogP contribution in [-0.2, 0) is 0 Å². The zero-order valence-electron chi connectivity index (χ0n) is 3.59. The molecule has 40 valence electrons. The quantitative estimate of drug-likeness (QED) is 0.416. The number of hydrogen-bond donors (Lipinski definition) is 3. The molecule has 1 heterocycles. The topological polar surface area (TPSA) is 58.3 Å². The average Bonchev–Trinajstić information content (AvgIpc) is 1.87. The summed E-state index contributed by atoms with van der Waals surface area (Å²) in [5, 5.41) is 12.7. The first-order valence-electron chi connectivity index (χ1n) is 1.86. The van der Waals surface area contributed by atoms with Crippen molar-refractivity contribution in [3.63, 3.8) is 0 Å². The van der Waals surface area contributed by atoms with Gasteiger partial charge < -0.3 is 16.2 Å². The van der Waals surface area contributed by atoms with Gasteiger partial charge in [0.1, 0.15) is 5.50 Å². The third-order valence-corrected chi connectivity index (χ3v) is 1.39. The van der Waals surface area contributed by atoms with Crippen LogP contribution in [0.3, 0.4) is 0 Å². The molecule has 0 aromatic rings. The van der Waals surface area contributed by atoms with E-state index in [1.165, 1.54) is 11.8 Å². The van der Waals surface area contributed by atoms with Crippen LogP contribution in [0.1, 0.15) is 0 Å². The van der Waals surface area contributed by atoms with Crippen molar-refractivity contribution in [2.45, 2.75) is 5.50 Å². The van der Waals surface area contributed by atoms with Crippen LogP contribution in [0, 0.1) is 0 Å². The molecule has 1 aliphatic heterocycles. The molecule has 0 radical (unpaired) electrons. The maximum Gasteiger partial charge on any atom is 0.192 e. The molecule has 1 rings (SSSR count). The fourth-order valence-corrected chi connectivity index (χ4v) is 0.884. The predicted octanol–water partition coefficient (Wildman–Crippen LogP) is -0.0780. The first-order chi connectivity index (χ1) is 3.29. The van der Waals surface area contributed by atoms with Gasteiger partial charge in [-0.15, -0.1) is 0 Å². The molecule has 0 saturated heterocycles. The Morgan fingerprint density at radius 1 is 2.00 bits per heavy atom. The minimum Gasteiger partial charge on any atom is -0.494 e. The van der Waals surface area contributed by atoms with Crippen molar-refractivity contribution >= 4 is 11.8 Å². The van der Waals surface area contributed by atoms with Gasteiger partial charge in [0.05, 0.1) is 0 Å². The third-order valence-electron chi connectivity index (χ3n) is 0.616. The molecular formula is C3H6N2OS. The number of aliphatic hydroxyl groups excluding tert-OH is 1. The zero-order chi connectivity index (χ0) is 5.28. The Labute approximate surface area is 45.6 Å². The summed E-state index contributed by atoms with van der Waals surface area (Å²) in [7, 11) is 0. The van der Waals surface area contributed by atoms with Crippen LogP contribution >= 0.6 is 11.8 Å². The van der Waals surface area contributed by atoms with Crippen LogP contribution in [0.15, 0.2) is 11.3 Å². The van der Waals surface area contributed by atoms with E-state index in [0.29, 0.717) is 0 Å². The number of aliphatic hydroxyl groups is 1. The second-order valence-electron chi connectivity index (χ2n) is 1.20. The van der Waals surface area contributed by atoms with Crippen LogP contribution < -0.4 is 11.1 Å². The molecule has 1 unspecified atom stereocenters. The number of nitrogens with one attached hydrogen (secondary N) is 1. The predicted molar refractivity (Wildman–Crippen MR) is 29.4 cm³/mol. The van der Waals surface area contributed by atoms with Crippen molar-refractivity contribution < 1.29 is 5.11 Å². The maximum atomic E-state index is 8.55. The summed E-state index contributed by atoms with van der Waals surface area (Å²) in [5.41, 5.74) is 5.11. The highest BCUT2D eigenvalue weighted by Crippen LogP contribution is 2.13. The van der Waals surface area contributed by atoms with Crippen molar-refractivity contribution in [2.75, 3.05) is 0 Å². The van der Waals surface area contributed by atoms with Gasteiger partial charge >= 0.3 is 0 Å². The van der Waals surface area contributed by atoms with Crippen molar-refractivity contribution in [3.8, 4) is 0 Å². The van der Waals surface area contributed by atoms with E-state index in [1.807, 2.05) is 0 Å². The van der Waals surface area contributed by atoms with Gasteiger partial charge in [-0.2, -0.15) is 0 Å². The smallest absolute Gasteiger partial charge is 0.192 e. The lowest BCUT2D eigenvalue weighted by Gasteiger charge is -1.99. The van der Waals surface area contributed by atoms with Gasteiger partial charge in [0.2, 0.25) is 0 Å². The van der Waals surface area contributed by atoms with Crippen molar-refractivity contribution in [3.05, 3.63) is 11.3 Å². The van der Waals surface area contributed by atoms with E-state index in [1.54, 1.807) is 5.41 Å². The Hall–Kier alpha value is -0.350. The summed E-state index contributed by atoms with van der Waals surface area (Å²) < 4.78 is 0. The minimum atomic E-state index is -0.153. The monoisotopic (exact) mass is 118 g/mol. The van der Waals surface area contributed by atoms with Crippen LogP contribution in [0.2, 0.25) is 0 Å². The molecule has 4 heteroatoms. The SMILES string of the molecule is NC1NC(O)=CS1. The van der Waals surface area contributed by atoms with E-state index < -0.39 is 0 Å². The molecule has 0 aromatic carbocycles. The Kier molecular flexibility index (Phi) is 1.12. The highest BCUT2D eigenvalue weighted by Gasteiger charge is 2.08. The molecule has 1 atom stereocenters. The highest BCUT2D eigenvalue weighted by atomic mass is 32.2.